The van der Waals surface area contributed by atoms with Crippen molar-refractivity contribution in [3.63, 3.8) is 0 Å². The number of hydrogen-bond donors (Lipinski definition) is 1. The van der Waals surface area contributed by atoms with Gasteiger partial charge in [-0.15, -0.1) is 0 Å². The maximum absolute atomic E-state index is 11.8. The van der Waals surface area contributed by atoms with Gasteiger partial charge in [0.25, 0.3) is 0 Å². The number of amides is 1. The minimum absolute atomic E-state index is 0.236. The molecule has 0 bridgehead atoms. The number of nitrogens with one attached hydrogen (secondary N) is 1. The fourth-order valence-electron chi connectivity index (χ4n) is 3.60. The fourth-order valence-corrected chi connectivity index (χ4v) is 3.60. The highest BCUT2D eigenvalue weighted by Gasteiger charge is 2.21. The Morgan fingerprint density at radius 1 is 1.16 bits per heavy atom. The molecule has 4 nitrogen and oxygen atoms in total. The minimum Gasteiger partial charge on any atom is -0.493 e. The average Bonchev–Trinajstić information content (AvgIpc) is 3.28. The van der Waals surface area contributed by atoms with E-state index in [2.05, 4.69) is 54.7 Å². The van der Waals surface area contributed by atoms with Crippen LogP contribution < -0.4 is 15.0 Å². The van der Waals surface area contributed by atoms with E-state index in [1.807, 2.05) is 4.90 Å². The molecule has 1 saturated heterocycles. The van der Waals surface area contributed by atoms with Crippen molar-refractivity contribution in [3.8, 4) is 5.75 Å². The van der Waals surface area contributed by atoms with Gasteiger partial charge in [-0.3, -0.25) is 4.79 Å². The Balaban J connectivity index is 1.37. The predicted octanol–water partition coefficient (Wildman–Crippen LogP) is 3.60. The van der Waals surface area contributed by atoms with Gasteiger partial charge in [0.1, 0.15) is 5.75 Å². The zero-order valence-electron chi connectivity index (χ0n) is 14.6. The number of anilines is 1. The molecule has 2 heterocycles. The second kappa shape index (κ2) is 6.89. The van der Waals surface area contributed by atoms with E-state index in [1.54, 1.807) is 0 Å². The van der Waals surface area contributed by atoms with Crippen LogP contribution in [-0.2, 0) is 17.8 Å². The van der Waals surface area contributed by atoms with Crippen LogP contribution in [0.15, 0.2) is 42.5 Å². The first-order valence-corrected chi connectivity index (χ1v) is 9.09. The summed E-state index contributed by atoms with van der Waals surface area (Å²) in [6.45, 7) is 4.65. The van der Waals surface area contributed by atoms with E-state index in [0.29, 0.717) is 6.42 Å². The fraction of sp³-hybridized carbons (Fsp3) is 0.381. The molecule has 130 valence electrons. The molecule has 2 aliphatic heterocycles. The molecule has 2 aromatic rings. The number of carbonyl (C=O) groups is 1. The molecule has 4 heteroatoms. The third kappa shape index (κ3) is 3.40. The molecule has 1 fully saturated rings. The lowest BCUT2D eigenvalue weighted by Crippen LogP contribution is -2.23. The van der Waals surface area contributed by atoms with Crippen LogP contribution >= 0.6 is 0 Å². The lowest BCUT2D eigenvalue weighted by Gasteiger charge is -2.18. The number of carbonyl (C=O) groups excluding carboxylic acids is 1. The summed E-state index contributed by atoms with van der Waals surface area (Å²) in [7, 11) is 0. The number of fused-ring (bicyclic) bond motifs is 1. The van der Waals surface area contributed by atoms with Crippen molar-refractivity contribution in [1.82, 2.24) is 5.32 Å². The molecule has 0 radical (unpaired) electrons. The second-order valence-electron chi connectivity index (χ2n) is 6.88. The van der Waals surface area contributed by atoms with E-state index in [1.165, 1.54) is 16.7 Å². The van der Waals surface area contributed by atoms with Crippen LogP contribution in [-0.4, -0.2) is 19.1 Å². The highest BCUT2D eigenvalue weighted by atomic mass is 16.5. The Kier molecular flexibility index (Phi) is 4.45. The van der Waals surface area contributed by atoms with Crippen molar-refractivity contribution in [2.75, 3.05) is 18.1 Å². The van der Waals surface area contributed by atoms with Gasteiger partial charge >= 0.3 is 0 Å². The quantitative estimate of drug-likeness (QED) is 0.907. The largest absolute Gasteiger partial charge is 0.493 e. The first-order chi connectivity index (χ1) is 12.2. The topological polar surface area (TPSA) is 41.6 Å². The van der Waals surface area contributed by atoms with Gasteiger partial charge in [-0.05, 0) is 48.2 Å². The Morgan fingerprint density at radius 2 is 2.00 bits per heavy atom. The monoisotopic (exact) mass is 336 g/mol. The van der Waals surface area contributed by atoms with Crippen LogP contribution in [0.1, 0.15) is 42.5 Å². The molecule has 25 heavy (non-hydrogen) atoms. The molecule has 1 amide bonds. The SMILES string of the molecule is C[C@@H](NCc1ccc2c(c1)CCO2)c1ccc(N2CCCC2=O)cc1. The lowest BCUT2D eigenvalue weighted by atomic mass is 10.1. The van der Waals surface area contributed by atoms with Crippen LogP contribution in [0.3, 0.4) is 0 Å². The smallest absolute Gasteiger partial charge is 0.227 e. The summed E-state index contributed by atoms with van der Waals surface area (Å²) in [5, 5.41) is 3.58. The Hall–Kier alpha value is -2.33. The van der Waals surface area contributed by atoms with E-state index >= 15 is 0 Å². The summed E-state index contributed by atoms with van der Waals surface area (Å²) in [5.74, 6) is 1.27. The first-order valence-electron chi connectivity index (χ1n) is 9.09. The summed E-state index contributed by atoms with van der Waals surface area (Å²) >= 11 is 0. The summed E-state index contributed by atoms with van der Waals surface area (Å²) in [6.07, 6.45) is 2.64. The summed E-state index contributed by atoms with van der Waals surface area (Å²) in [4.78, 5) is 13.7. The molecule has 0 saturated carbocycles. The molecule has 0 aliphatic carbocycles. The van der Waals surface area contributed by atoms with Crippen LogP contribution in [0, 0.1) is 0 Å². The zero-order valence-corrected chi connectivity index (χ0v) is 14.6. The second-order valence-corrected chi connectivity index (χ2v) is 6.88. The van der Waals surface area contributed by atoms with Gasteiger partial charge in [-0.1, -0.05) is 24.3 Å². The Morgan fingerprint density at radius 3 is 2.76 bits per heavy atom. The number of hydrogen-bond acceptors (Lipinski definition) is 3. The Bertz CT molecular complexity index is 770. The van der Waals surface area contributed by atoms with Gasteiger partial charge < -0.3 is 15.0 Å². The standard InChI is InChI=1S/C21H24N2O2/c1-15(22-14-16-4-9-20-18(13-16)10-12-25-20)17-5-7-19(8-6-17)23-11-2-3-21(23)24/h4-9,13,15,22H,2-3,10-12,14H2,1H3/t15-/m1/s1. The highest BCUT2D eigenvalue weighted by Crippen LogP contribution is 2.27. The summed E-state index contributed by atoms with van der Waals surface area (Å²) in [6, 6.07) is 15.1. The third-order valence-electron chi connectivity index (χ3n) is 5.14. The van der Waals surface area contributed by atoms with Crippen molar-refractivity contribution >= 4 is 11.6 Å². The van der Waals surface area contributed by atoms with Crippen molar-refractivity contribution in [2.45, 2.75) is 38.8 Å². The maximum Gasteiger partial charge on any atom is 0.227 e. The molecular weight excluding hydrogens is 312 g/mol. The van der Waals surface area contributed by atoms with Crippen molar-refractivity contribution < 1.29 is 9.53 Å². The van der Waals surface area contributed by atoms with E-state index < -0.39 is 0 Å². The molecular formula is C21H24N2O2. The van der Waals surface area contributed by atoms with E-state index in [4.69, 9.17) is 4.74 Å². The van der Waals surface area contributed by atoms with Gasteiger partial charge in [0.2, 0.25) is 5.91 Å². The first kappa shape index (κ1) is 16.2. The van der Waals surface area contributed by atoms with Gasteiger partial charge in [0.05, 0.1) is 6.61 Å². The van der Waals surface area contributed by atoms with Crippen molar-refractivity contribution in [3.05, 3.63) is 59.2 Å². The van der Waals surface area contributed by atoms with Crippen LogP contribution in [0.25, 0.3) is 0 Å². The van der Waals surface area contributed by atoms with Gasteiger partial charge in [0, 0.05) is 37.7 Å². The average molecular weight is 336 g/mol. The normalized spacial score (nSPS) is 17.5. The van der Waals surface area contributed by atoms with E-state index in [-0.39, 0.29) is 11.9 Å². The minimum atomic E-state index is 0.236. The molecule has 1 N–H and O–H groups in total. The number of benzene rings is 2. The van der Waals surface area contributed by atoms with Gasteiger partial charge in [-0.25, -0.2) is 0 Å². The maximum atomic E-state index is 11.8. The molecule has 4 rings (SSSR count). The molecule has 1 atom stereocenters. The molecule has 2 aromatic carbocycles. The van der Waals surface area contributed by atoms with Gasteiger partial charge in [-0.2, -0.15) is 0 Å². The molecule has 0 aromatic heterocycles. The molecule has 0 unspecified atom stereocenters. The van der Waals surface area contributed by atoms with Crippen LogP contribution in [0.5, 0.6) is 5.75 Å². The lowest BCUT2D eigenvalue weighted by molar-refractivity contribution is -0.117. The number of nitrogens with zero attached hydrogens (tertiary/aromatic N) is 1. The van der Waals surface area contributed by atoms with Crippen molar-refractivity contribution in [1.29, 1.82) is 0 Å². The van der Waals surface area contributed by atoms with Crippen LogP contribution in [0.4, 0.5) is 5.69 Å². The molecule has 0 spiro atoms. The van der Waals surface area contributed by atoms with Crippen molar-refractivity contribution in [2.24, 2.45) is 0 Å². The van der Waals surface area contributed by atoms with E-state index in [0.717, 1.165) is 44.0 Å². The molecule has 2 aliphatic rings. The van der Waals surface area contributed by atoms with Gasteiger partial charge in [0.15, 0.2) is 0 Å². The third-order valence-corrected chi connectivity index (χ3v) is 5.14. The van der Waals surface area contributed by atoms with E-state index in [9.17, 15) is 4.79 Å². The summed E-state index contributed by atoms with van der Waals surface area (Å²) < 4.78 is 5.56. The zero-order chi connectivity index (χ0) is 17.2. The van der Waals surface area contributed by atoms with Crippen LogP contribution in [0.2, 0.25) is 0 Å². The number of rotatable bonds is 5. The summed E-state index contributed by atoms with van der Waals surface area (Å²) in [5.41, 5.74) is 4.85. The predicted molar refractivity (Wildman–Crippen MR) is 98.9 cm³/mol. The number of ether oxygens (including phenoxy) is 1. The highest BCUT2D eigenvalue weighted by molar-refractivity contribution is 5.95. The Labute approximate surface area is 148 Å².